The van der Waals surface area contributed by atoms with Crippen LogP contribution < -0.4 is 5.32 Å². The summed E-state index contributed by atoms with van der Waals surface area (Å²) in [6.45, 7) is 2.57. The maximum Gasteiger partial charge on any atom is 0.230 e. The number of likely N-dealkylation sites (tertiary alicyclic amines) is 1. The Kier molecular flexibility index (Phi) is 6.46. The van der Waals surface area contributed by atoms with E-state index in [9.17, 15) is 13.2 Å². The van der Waals surface area contributed by atoms with Crippen LogP contribution in [0.15, 0.2) is 22.8 Å². The number of carbonyl (C=O) groups excluding carboxylic acids is 1. The van der Waals surface area contributed by atoms with Gasteiger partial charge in [-0.05, 0) is 44.5 Å². The third kappa shape index (κ3) is 5.49. The SMILES string of the molecule is O=C(CSC1CCS(=O)(=O)C1)NCC(c1ccco1)N1CCCCC1. The molecule has 25 heavy (non-hydrogen) atoms. The molecule has 1 aromatic heterocycles. The van der Waals surface area contributed by atoms with Crippen LogP contribution in [0.4, 0.5) is 0 Å². The summed E-state index contributed by atoms with van der Waals surface area (Å²) in [7, 11) is -2.88. The molecule has 2 aliphatic rings. The van der Waals surface area contributed by atoms with E-state index in [1.54, 1.807) is 6.26 Å². The lowest BCUT2D eigenvalue weighted by Crippen LogP contribution is -2.41. The number of nitrogens with zero attached hydrogens (tertiary/aromatic N) is 1. The van der Waals surface area contributed by atoms with Crippen molar-refractivity contribution in [2.45, 2.75) is 37.0 Å². The molecule has 140 valence electrons. The van der Waals surface area contributed by atoms with Gasteiger partial charge in [-0.3, -0.25) is 9.69 Å². The zero-order valence-corrected chi connectivity index (χ0v) is 16.0. The highest BCUT2D eigenvalue weighted by Gasteiger charge is 2.29. The highest BCUT2D eigenvalue weighted by Crippen LogP contribution is 2.26. The van der Waals surface area contributed by atoms with E-state index < -0.39 is 9.84 Å². The molecule has 2 fully saturated rings. The third-order valence-electron chi connectivity index (χ3n) is 4.84. The number of nitrogens with one attached hydrogen (secondary N) is 1. The third-order valence-corrected chi connectivity index (χ3v) is 8.12. The van der Waals surface area contributed by atoms with Crippen molar-refractivity contribution < 1.29 is 17.6 Å². The van der Waals surface area contributed by atoms with E-state index in [-0.39, 0.29) is 28.7 Å². The zero-order valence-electron chi connectivity index (χ0n) is 14.4. The number of rotatable bonds is 7. The van der Waals surface area contributed by atoms with Crippen LogP contribution in [0, 0.1) is 0 Å². The molecule has 0 radical (unpaired) electrons. The number of hydrogen-bond acceptors (Lipinski definition) is 6. The number of hydrogen-bond donors (Lipinski definition) is 1. The molecule has 0 bridgehead atoms. The van der Waals surface area contributed by atoms with Gasteiger partial charge in [-0.15, -0.1) is 11.8 Å². The Morgan fingerprint density at radius 2 is 2.16 bits per heavy atom. The normalized spacial score (nSPS) is 24.9. The molecule has 2 atom stereocenters. The quantitative estimate of drug-likeness (QED) is 0.770. The molecule has 8 heteroatoms. The Bertz CT molecular complexity index is 654. The average Bonchev–Trinajstić information content (AvgIpc) is 3.24. The molecule has 3 heterocycles. The molecule has 0 aromatic carbocycles. The Morgan fingerprint density at radius 1 is 1.36 bits per heavy atom. The summed E-state index contributed by atoms with van der Waals surface area (Å²) in [5.41, 5.74) is 0. The minimum atomic E-state index is -2.88. The first kappa shape index (κ1) is 18.8. The number of thioether (sulfide) groups is 1. The van der Waals surface area contributed by atoms with Gasteiger partial charge in [-0.1, -0.05) is 6.42 Å². The summed E-state index contributed by atoms with van der Waals surface area (Å²) >= 11 is 1.45. The first-order chi connectivity index (χ1) is 12.0. The fourth-order valence-corrected chi connectivity index (χ4v) is 6.94. The summed E-state index contributed by atoms with van der Waals surface area (Å²) in [6.07, 6.45) is 5.94. The van der Waals surface area contributed by atoms with E-state index >= 15 is 0 Å². The summed E-state index contributed by atoms with van der Waals surface area (Å²) in [5.74, 6) is 1.61. The second-order valence-electron chi connectivity index (χ2n) is 6.77. The molecule has 2 unspecified atom stereocenters. The van der Waals surface area contributed by atoms with Gasteiger partial charge in [0.15, 0.2) is 9.84 Å². The van der Waals surface area contributed by atoms with Crippen LogP contribution in [0.5, 0.6) is 0 Å². The summed E-state index contributed by atoms with van der Waals surface area (Å²) in [6, 6.07) is 3.91. The van der Waals surface area contributed by atoms with Crippen molar-refractivity contribution in [3.63, 3.8) is 0 Å². The molecule has 0 spiro atoms. The van der Waals surface area contributed by atoms with Gasteiger partial charge in [0.2, 0.25) is 5.91 Å². The van der Waals surface area contributed by atoms with Gasteiger partial charge >= 0.3 is 0 Å². The minimum Gasteiger partial charge on any atom is -0.468 e. The number of furan rings is 1. The molecular formula is C17H26N2O4S2. The number of carbonyl (C=O) groups is 1. The van der Waals surface area contributed by atoms with E-state index in [1.807, 2.05) is 12.1 Å². The highest BCUT2D eigenvalue weighted by molar-refractivity contribution is 8.02. The lowest BCUT2D eigenvalue weighted by molar-refractivity contribution is -0.118. The maximum atomic E-state index is 12.2. The maximum absolute atomic E-state index is 12.2. The molecular weight excluding hydrogens is 360 g/mol. The molecule has 1 aromatic rings. The Labute approximate surface area is 153 Å². The van der Waals surface area contributed by atoms with Crippen molar-refractivity contribution in [2.75, 3.05) is 36.9 Å². The van der Waals surface area contributed by atoms with Crippen molar-refractivity contribution in [2.24, 2.45) is 0 Å². The number of sulfone groups is 1. The van der Waals surface area contributed by atoms with Gasteiger partial charge in [0.1, 0.15) is 5.76 Å². The Morgan fingerprint density at radius 3 is 2.80 bits per heavy atom. The molecule has 0 aliphatic carbocycles. The summed E-state index contributed by atoms with van der Waals surface area (Å²) < 4.78 is 28.5. The largest absolute Gasteiger partial charge is 0.468 e. The first-order valence-electron chi connectivity index (χ1n) is 8.90. The second kappa shape index (κ2) is 8.60. The fourth-order valence-electron chi connectivity index (χ4n) is 3.47. The Hall–Kier alpha value is -0.990. The highest BCUT2D eigenvalue weighted by atomic mass is 32.2. The molecule has 3 rings (SSSR count). The van der Waals surface area contributed by atoms with Gasteiger partial charge < -0.3 is 9.73 Å². The molecule has 1 amide bonds. The van der Waals surface area contributed by atoms with Crippen LogP contribution in [0.25, 0.3) is 0 Å². The molecule has 0 saturated carbocycles. The predicted molar refractivity (Wildman–Crippen MR) is 99.4 cm³/mol. The smallest absolute Gasteiger partial charge is 0.230 e. The number of piperidine rings is 1. The molecule has 2 aliphatic heterocycles. The lowest BCUT2D eigenvalue weighted by atomic mass is 10.1. The van der Waals surface area contributed by atoms with Gasteiger partial charge in [-0.2, -0.15) is 0 Å². The van der Waals surface area contributed by atoms with Crippen molar-refractivity contribution >= 4 is 27.5 Å². The van der Waals surface area contributed by atoms with Crippen LogP contribution in [0.3, 0.4) is 0 Å². The van der Waals surface area contributed by atoms with Crippen LogP contribution in [-0.4, -0.2) is 61.4 Å². The monoisotopic (exact) mass is 386 g/mol. The van der Waals surface area contributed by atoms with Crippen molar-refractivity contribution in [1.82, 2.24) is 10.2 Å². The van der Waals surface area contributed by atoms with E-state index in [0.717, 1.165) is 18.8 Å². The van der Waals surface area contributed by atoms with E-state index in [0.29, 0.717) is 18.7 Å². The van der Waals surface area contributed by atoms with Crippen molar-refractivity contribution in [3.8, 4) is 0 Å². The van der Waals surface area contributed by atoms with Crippen molar-refractivity contribution in [3.05, 3.63) is 24.2 Å². The first-order valence-corrected chi connectivity index (χ1v) is 11.8. The summed E-state index contributed by atoms with van der Waals surface area (Å²) in [5, 5.41) is 3.06. The van der Waals surface area contributed by atoms with Crippen LogP contribution >= 0.6 is 11.8 Å². The van der Waals surface area contributed by atoms with E-state index in [4.69, 9.17) is 4.42 Å². The second-order valence-corrected chi connectivity index (χ2v) is 10.3. The topological polar surface area (TPSA) is 79.6 Å². The predicted octanol–water partition coefficient (Wildman–Crippen LogP) is 1.84. The fraction of sp³-hybridized carbons (Fsp3) is 0.706. The molecule has 2 saturated heterocycles. The van der Waals surface area contributed by atoms with Gasteiger partial charge in [0.25, 0.3) is 0 Å². The van der Waals surface area contributed by atoms with Crippen LogP contribution in [-0.2, 0) is 14.6 Å². The molecule has 6 nitrogen and oxygen atoms in total. The van der Waals surface area contributed by atoms with Gasteiger partial charge in [0, 0.05) is 11.8 Å². The van der Waals surface area contributed by atoms with Crippen LogP contribution in [0.2, 0.25) is 0 Å². The van der Waals surface area contributed by atoms with E-state index in [1.165, 1.54) is 31.0 Å². The minimum absolute atomic E-state index is 0.0390. The van der Waals surface area contributed by atoms with E-state index in [2.05, 4.69) is 10.2 Å². The van der Waals surface area contributed by atoms with Gasteiger partial charge in [-0.25, -0.2) is 8.42 Å². The van der Waals surface area contributed by atoms with Gasteiger partial charge in [0.05, 0.1) is 29.6 Å². The van der Waals surface area contributed by atoms with Crippen molar-refractivity contribution in [1.29, 1.82) is 0 Å². The average molecular weight is 387 g/mol. The Balaban J connectivity index is 1.48. The number of amides is 1. The lowest BCUT2D eigenvalue weighted by Gasteiger charge is -2.33. The van der Waals surface area contributed by atoms with Crippen LogP contribution in [0.1, 0.15) is 37.5 Å². The molecule has 1 N–H and O–H groups in total. The zero-order chi connectivity index (χ0) is 17.7. The summed E-state index contributed by atoms with van der Waals surface area (Å²) in [4.78, 5) is 14.6. The standard InChI is InChI=1S/C17H26N2O4S2/c20-17(12-24-14-6-10-25(21,22)13-14)18-11-15(16-5-4-9-23-16)19-7-2-1-3-8-19/h4-5,9,14-15H,1-3,6-8,10-13H2,(H,18,20).